The molecule has 0 aromatic heterocycles. The van der Waals surface area contributed by atoms with E-state index < -0.39 is 0 Å². The number of ether oxygens (including phenoxy) is 2. The van der Waals surface area contributed by atoms with Crippen LogP contribution in [0.15, 0.2) is 30.0 Å². The Morgan fingerprint density at radius 1 is 1.47 bits per heavy atom. The number of rotatable bonds is 3. The Morgan fingerprint density at radius 2 is 2.24 bits per heavy atom. The largest absolute Gasteiger partial charge is 0.485 e. The van der Waals surface area contributed by atoms with Crippen molar-refractivity contribution >= 4 is 12.0 Å². The van der Waals surface area contributed by atoms with Crippen LogP contribution < -0.4 is 10.1 Å². The number of benzene rings is 1. The molecule has 0 aliphatic carbocycles. The Kier molecular flexibility index (Phi) is 3.44. The summed E-state index contributed by atoms with van der Waals surface area (Å²) in [5, 5.41) is 2.83. The van der Waals surface area contributed by atoms with Crippen molar-refractivity contribution in [3.63, 3.8) is 0 Å². The second kappa shape index (κ2) is 5.01. The van der Waals surface area contributed by atoms with Gasteiger partial charge in [-0.05, 0) is 26.1 Å². The van der Waals surface area contributed by atoms with Crippen LogP contribution in [-0.4, -0.2) is 25.7 Å². The molecule has 1 atom stereocenters. The first kappa shape index (κ1) is 11.7. The van der Waals surface area contributed by atoms with E-state index in [4.69, 9.17) is 9.47 Å². The number of esters is 1. The minimum Gasteiger partial charge on any atom is -0.485 e. The van der Waals surface area contributed by atoms with Crippen LogP contribution in [0.2, 0.25) is 0 Å². The molecule has 0 saturated heterocycles. The van der Waals surface area contributed by atoms with Gasteiger partial charge < -0.3 is 14.8 Å². The quantitative estimate of drug-likeness (QED) is 0.805. The van der Waals surface area contributed by atoms with Crippen molar-refractivity contribution in [2.24, 2.45) is 0 Å². The standard InChI is InChI=1S/C13H15NO3/c1-9(14-2)13(15)17-11-7-10-5-3-4-6-12(10)16-8-11/h3-7,9,14H,8H2,1-2H3/t9-/m0/s1. The molecular formula is C13H15NO3. The van der Waals surface area contributed by atoms with Crippen LogP contribution in [0.1, 0.15) is 12.5 Å². The van der Waals surface area contributed by atoms with Crippen LogP contribution in [0.25, 0.3) is 6.08 Å². The molecule has 0 fully saturated rings. The average Bonchev–Trinajstić information content (AvgIpc) is 2.37. The molecule has 4 nitrogen and oxygen atoms in total. The summed E-state index contributed by atoms with van der Waals surface area (Å²) in [7, 11) is 1.72. The zero-order valence-corrected chi connectivity index (χ0v) is 9.90. The Morgan fingerprint density at radius 3 is 3.00 bits per heavy atom. The molecule has 2 rings (SSSR count). The molecule has 1 aliphatic heterocycles. The summed E-state index contributed by atoms with van der Waals surface area (Å²) in [6.07, 6.45) is 1.83. The van der Waals surface area contributed by atoms with Crippen molar-refractivity contribution in [3.05, 3.63) is 35.6 Å². The Balaban J connectivity index is 2.10. The summed E-state index contributed by atoms with van der Waals surface area (Å²) >= 11 is 0. The van der Waals surface area contributed by atoms with Crippen molar-refractivity contribution in [2.75, 3.05) is 13.7 Å². The molecule has 1 aromatic carbocycles. The summed E-state index contributed by atoms with van der Waals surface area (Å²) < 4.78 is 10.7. The monoisotopic (exact) mass is 233 g/mol. The molecule has 1 aromatic rings. The summed E-state index contributed by atoms with van der Waals surface area (Å²) in [5.74, 6) is 1.05. The Labute approximate surface area is 100 Å². The van der Waals surface area contributed by atoms with Gasteiger partial charge in [-0.3, -0.25) is 0 Å². The first-order valence-electron chi connectivity index (χ1n) is 5.52. The summed E-state index contributed by atoms with van der Waals surface area (Å²) in [6, 6.07) is 7.31. The van der Waals surface area contributed by atoms with Crippen LogP contribution in [0.4, 0.5) is 0 Å². The molecule has 17 heavy (non-hydrogen) atoms. The maximum absolute atomic E-state index is 11.6. The van der Waals surface area contributed by atoms with Gasteiger partial charge in [0.2, 0.25) is 0 Å². The van der Waals surface area contributed by atoms with Gasteiger partial charge in [-0.15, -0.1) is 0 Å². The fourth-order valence-electron chi connectivity index (χ4n) is 1.49. The van der Waals surface area contributed by atoms with Crippen LogP contribution in [0.5, 0.6) is 5.75 Å². The third-order valence-corrected chi connectivity index (χ3v) is 2.62. The van der Waals surface area contributed by atoms with Crippen LogP contribution >= 0.6 is 0 Å². The molecule has 1 heterocycles. The van der Waals surface area contributed by atoms with E-state index in [-0.39, 0.29) is 12.0 Å². The lowest BCUT2D eigenvalue weighted by molar-refractivity contribution is -0.141. The van der Waals surface area contributed by atoms with Crippen LogP contribution in [-0.2, 0) is 9.53 Å². The van der Waals surface area contributed by atoms with Crippen LogP contribution in [0.3, 0.4) is 0 Å². The van der Waals surface area contributed by atoms with Gasteiger partial charge >= 0.3 is 5.97 Å². The number of hydrogen-bond donors (Lipinski definition) is 1. The maximum atomic E-state index is 11.6. The predicted octanol–water partition coefficient (Wildman–Crippen LogP) is 1.57. The molecule has 0 spiro atoms. The zero-order valence-electron chi connectivity index (χ0n) is 9.90. The van der Waals surface area contributed by atoms with E-state index in [1.165, 1.54) is 0 Å². The molecule has 1 aliphatic rings. The molecule has 0 bridgehead atoms. The van der Waals surface area contributed by atoms with Crippen molar-refractivity contribution in [3.8, 4) is 5.75 Å². The number of nitrogens with one attached hydrogen (secondary N) is 1. The van der Waals surface area contributed by atoms with Gasteiger partial charge in [-0.2, -0.15) is 0 Å². The van der Waals surface area contributed by atoms with Crippen molar-refractivity contribution in [1.29, 1.82) is 0 Å². The number of fused-ring (bicyclic) bond motifs is 1. The topological polar surface area (TPSA) is 47.6 Å². The number of hydrogen-bond acceptors (Lipinski definition) is 4. The third kappa shape index (κ3) is 2.65. The van der Waals surface area contributed by atoms with Gasteiger partial charge in [0.25, 0.3) is 0 Å². The smallest absolute Gasteiger partial charge is 0.328 e. The molecule has 1 N–H and O–H groups in total. The lowest BCUT2D eigenvalue weighted by atomic mass is 10.1. The molecule has 90 valence electrons. The molecule has 0 unspecified atom stereocenters. The lowest BCUT2D eigenvalue weighted by Gasteiger charge is -2.18. The lowest BCUT2D eigenvalue weighted by Crippen LogP contribution is -2.33. The van der Waals surface area contributed by atoms with E-state index >= 15 is 0 Å². The number of carbonyl (C=O) groups is 1. The minimum absolute atomic E-state index is 0.291. The highest BCUT2D eigenvalue weighted by atomic mass is 16.6. The van der Waals surface area contributed by atoms with E-state index in [9.17, 15) is 4.79 Å². The summed E-state index contributed by atoms with van der Waals surface area (Å²) in [4.78, 5) is 11.6. The summed E-state index contributed by atoms with van der Waals surface area (Å²) in [5.41, 5.74) is 0.929. The fraction of sp³-hybridized carbons (Fsp3) is 0.308. The van der Waals surface area contributed by atoms with Gasteiger partial charge in [0, 0.05) is 5.56 Å². The van der Waals surface area contributed by atoms with Crippen molar-refractivity contribution in [1.82, 2.24) is 5.32 Å². The fourth-order valence-corrected chi connectivity index (χ4v) is 1.49. The number of likely N-dealkylation sites (N-methyl/N-ethyl adjacent to an activating group) is 1. The first-order chi connectivity index (χ1) is 8.20. The van der Waals surface area contributed by atoms with Crippen LogP contribution in [0, 0.1) is 0 Å². The van der Waals surface area contributed by atoms with E-state index in [1.807, 2.05) is 30.3 Å². The Hall–Kier alpha value is -1.81. The summed E-state index contributed by atoms with van der Waals surface area (Å²) in [6.45, 7) is 2.04. The van der Waals surface area contributed by atoms with Gasteiger partial charge in [-0.1, -0.05) is 18.2 Å². The second-order valence-electron chi connectivity index (χ2n) is 3.87. The maximum Gasteiger partial charge on any atom is 0.328 e. The van der Waals surface area contributed by atoms with E-state index in [2.05, 4.69) is 5.32 Å². The Bertz CT molecular complexity index is 454. The van der Waals surface area contributed by atoms with E-state index in [1.54, 1.807) is 14.0 Å². The van der Waals surface area contributed by atoms with Crippen molar-refractivity contribution in [2.45, 2.75) is 13.0 Å². The van der Waals surface area contributed by atoms with Gasteiger partial charge in [0.1, 0.15) is 24.2 Å². The molecular weight excluding hydrogens is 218 g/mol. The highest BCUT2D eigenvalue weighted by Gasteiger charge is 2.18. The highest BCUT2D eigenvalue weighted by molar-refractivity contribution is 5.77. The second-order valence-corrected chi connectivity index (χ2v) is 3.87. The van der Waals surface area contributed by atoms with Gasteiger partial charge in [0.05, 0.1) is 0 Å². The normalized spacial score (nSPS) is 15.3. The molecule has 4 heteroatoms. The predicted molar refractivity (Wildman–Crippen MR) is 64.5 cm³/mol. The zero-order chi connectivity index (χ0) is 12.3. The third-order valence-electron chi connectivity index (χ3n) is 2.62. The van der Waals surface area contributed by atoms with E-state index in [0.29, 0.717) is 12.4 Å². The van der Waals surface area contributed by atoms with Gasteiger partial charge in [0.15, 0.2) is 0 Å². The number of carbonyl (C=O) groups excluding carboxylic acids is 1. The molecule has 0 amide bonds. The minimum atomic E-state index is -0.326. The first-order valence-corrected chi connectivity index (χ1v) is 5.52. The highest BCUT2D eigenvalue weighted by Crippen LogP contribution is 2.26. The molecule has 0 radical (unpaired) electrons. The van der Waals surface area contributed by atoms with Gasteiger partial charge in [-0.25, -0.2) is 4.79 Å². The molecule has 0 saturated carbocycles. The van der Waals surface area contributed by atoms with Crippen molar-refractivity contribution < 1.29 is 14.3 Å². The van der Waals surface area contributed by atoms with E-state index in [0.717, 1.165) is 11.3 Å². The average molecular weight is 233 g/mol. The SMILES string of the molecule is CN[C@@H](C)C(=O)OC1=Cc2ccccc2OC1. The number of para-hydroxylation sites is 1.